The van der Waals surface area contributed by atoms with Crippen LogP contribution in [-0.4, -0.2) is 139 Å². The van der Waals surface area contributed by atoms with Crippen molar-refractivity contribution in [2.24, 2.45) is 35.5 Å². The van der Waals surface area contributed by atoms with E-state index in [9.17, 15) is 43.8 Å². The maximum atomic E-state index is 14.6. The molecule has 0 aromatic rings. The Morgan fingerprint density at radius 1 is 0.833 bits per heavy atom. The van der Waals surface area contributed by atoms with E-state index in [4.69, 9.17) is 33.2 Å². The van der Waals surface area contributed by atoms with Crippen molar-refractivity contribution in [3.05, 3.63) is 60.4 Å². The van der Waals surface area contributed by atoms with Gasteiger partial charge in [-0.3, -0.25) is 28.8 Å². The number of ether oxygens (including phenoxy) is 7. The number of carbonyl (C=O) groups is 7. The van der Waals surface area contributed by atoms with Gasteiger partial charge in [-0.25, -0.2) is 4.79 Å². The molecule has 1 aliphatic carbocycles. The van der Waals surface area contributed by atoms with E-state index >= 15 is 0 Å². The molecule has 0 aromatic carbocycles. The predicted molar refractivity (Wildman–Crippen MR) is 293 cm³/mol. The van der Waals surface area contributed by atoms with Crippen LogP contribution in [0.5, 0.6) is 0 Å². The highest BCUT2D eigenvalue weighted by molar-refractivity contribution is 6.39. The number of aliphatic hydroxyl groups excluding tert-OH is 1. The quantitative estimate of drug-likeness (QED) is 0.0390. The number of fused-ring (bicyclic) bond motifs is 3. The number of rotatable bonds is 15. The maximum Gasteiger partial charge on any atom is 0.329 e. The van der Waals surface area contributed by atoms with E-state index in [0.29, 0.717) is 82.6 Å². The predicted octanol–water partition coefficient (Wildman–Crippen LogP) is 8.76. The standard InChI is InChI=1S/C61H93NO16/c1-12-75-53(64)25-18-13-14-19-26-54(65)76-49-30-28-45(35-52(49)73-10)34-41(5)51-37-48(63)40(4)33-43(7)56(67)57(74-11)55(66)42(6)32-38(2)22-16-15-17-23-39(3)50(72-9)36-46-29-27-44(8)61(71,78-46)58(68)59(69)62-31-21-20-24-47(62)60(70)77-51/h12,15-17,22-23,33,38,40-42,44-47,49-52,56-57,67,71H,1,13-14,18-21,24-32,34-37H2,2-11H3/b17-15+,22-16+,39-23+,43-33+/t38-,40-,41+,42-,44-,45+,46+,47+,49-,50+,51+,52-,56-,57+,61-/m1/s1. The molecule has 3 heterocycles. The summed E-state index contributed by atoms with van der Waals surface area (Å²) in [5, 5.41) is 23.6. The van der Waals surface area contributed by atoms with Gasteiger partial charge < -0.3 is 48.3 Å². The number of cyclic esters (lactones) is 1. The summed E-state index contributed by atoms with van der Waals surface area (Å²) in [7, 11) is 4.51. The molecular weight excluding hydrogens is 1000 g/mol. The van der Waals surface area contributed by atoms with Crippen molar-refractivity contribution in [2.45, 2.75) is 219 Å². The molecule has 0 aromatic heterocycles. The third-order valence-corrected chi connectivity index (χ3v) is 16.5. The fraction of sp³-hybridized carbons (Fsp3) is 0.721. The number of piperidine rings is 1. The molecule has 438 valence electrons. The summed E-state index contributed by atoms with van der Waals surface area (Å²) >= 11 is 0. The Hall–Kier alpha value is -4.65. The molecule has 3 fully saturated rings. The first kappa shape index (κ1) is 65.9. The van der Waals surface area contributed by atoms with Crippen molar-refractivity contribution in [2.75, 3.05) is 27.9 Å². The average molecular weight is 1100 g/mol. The largest absolute Gasteiger partial charge is 0.460 e. The molecule has 1 saturated carbocycles. The molecule has 3 aliphatic heterocycles. The summed E-state index contributed by atoms with van der Waals surface area (Å²) < 4.78 is 40.5. The zero-order chi connectivity index (χ0) is 57.7. The lowest BCUT2D eigenvalue weighted by molar-refractivity contribution is -0.265. The lowest BCUT2D eigenvalue weighted by atomic mass is 9.78. The Morgan fingerprint density at radius 2 is 1.54 bits per heavy atom. The minimum Gasteiger partial charge on any atom is -0.460 e. The zero-order valence-corrected chi connectivity index (χ0v) is 48.3. The number of esters is 3. The van der Waals surface area contributed by atoms with Crippen molar-refractivity contribution in [1.29, 1.82) is 0 Å². The number of ketones is 3. The van der Waals surface area contributed by atoms with Crippen molar-refractivity contribution in [3.8, 4) is 0 Å². The van der Waals surface area contributed by atoms with Gasteiger partial charge in [0.2, 0.25) is 5.79 Å². The number of aliphatic hydroxyl groups is 2. The molecule has 0 unspecified atom stereocenters. The molecule has 4 aliphatic rings. The zero-order valence-electron chi connectivity index (χ0n) is 48.3. The topological polar surface area (TPSA) is 228 Å². The molecule has 2 saturated heterocycles. The van der Waals surface area contributed by atoms with Crippen molar-refractivity contribution in [1.82, 2.24) is 4.90 Å². The van der Waals surface area contributed by atoms with Crippen molar-refractivity contribution in [3.63, 3.8) is 0 Å². The molecule has 17 nitrogen and oxygen atoms in total. The summed E-state index contributed by atoms with van der Waals surface area (Å²) in [6.45, 7) is 16.0. The lowest BCUT2D eigenvalue weighted by Crippen LogP contribution is -2.61. The van der Waals surface area contributed by atoms with Crippen LogP contribution in [0.4, 0.5) is 0 Å². The van der Waals surface area contributed by atoms with Crippen molar-refractivity contribution >= 4 is 41.2 Å². The average Bonchev–Trinajstić information content (AvgIpc) is 3.41. The van der Waals surface area contributed by atoms with E-state index in [-0.39, 0.29) is 67.6 Å². The number of carbonyl (C=O) groups excluding carboxylic acids is 7. The molecule has 0 radical (unpaired) electrons. The number of allylic oxidation sites excluding steroid dienone is 6. The fourth-order valence-corrected chi connectivity index (χ4v) is 11.5. The second-order valence-corrected chi connectivity index (χ2v) is 22.6. The van der Waals surface area contributed by atoms with Crippen LogP contribution in [0, 0.1) is 35.5 Å². The Labute approximate surface area is 463 Å². The van der Waals surface area contributed by atoms with Crippen LogP contribution in [0.15, 0.2) is 60.4 Å². The van der Waals surface area contributed by atoms with Crippen LogP contribution in [0.25, 0.3) is 0 Å². The number of Topliss-reactive ketones (excluding diaryl/α,β-unsaturated/α-hetero) is 3. The number of hydrogen-bond acceptors (Lipinski definition) is 16. The highest BCUT2D eigenvalue weighted by Crippen LogP contribution is 2.38. The summed E-state index contributed by atoms with van der Waals surface area (Å²) in [5.41, 5.74) is 1.23. The molecule has 78 heavy (non-hydrogen) atoms. The number of amides is 1. The van der Waals surface area contributed by atoms with Gasteiger partial charge in [-0.1, -0.05) is 90.5 Å². The molecule has 4 rings (SSSR count). The van der Waals surface area contributed by atoms with Crippen LogP contribution in [-0.2, 0) is 66.7 Å². The highest BCUT2D eigenvalue weighted by atomic mass is 16.6. The first-order valence-corrected chi connectivity index (χ1v) is 28.6. The number of hydrogen-bond donors (Lipinski definition) is 2. The molecule has 2 bridgehead atoms. The highest BCUT2D eigenvalue weighted by Gasteiger charge is 2.53. The monoisotopic (exact) mass is 1100 g/mol. The summed E-state index contributed by atoms with van der Waals surface area (Å²) in [6, 6.07) is -1.18. The van der Waals surface area contributed by atoms with Gasteiger partial charge in [-0.15, -0.1) is 0 Å². The molecule has 2 N–H and O–H groups in total. The van der Waals surface area contributed by atoms with E-state index < -0.39 is 95.9 Å². The van der Waals surface area contributed by atoms with Gasteiger partial charge in [0.15, 0.2) is 5.78 Å². The van der Waals surface area contributed by atoms with E-state index in [1.54, 1.807) is 48.0 Å². The first-order valence-electron chi connectivity index (χ1n) is 28.6. The third-order valence-electron chi connectivity index (χ3n) is 16.5. The maximum absolute atomic E-state index is 14.6. The summed E-state index contributed by atoms with van der Waals surface area (Å²) in [6.07, 6.45) is 15.0. The Morgan fingerprint density at radius 3 is 2.21 bits per heavy atom. The summed E-state index contributed by atoms with van der Waals surface area (Å²) in [5.74, 6) is -9.06. The number of unbranched alkanes of at least 4 members (excludes halogenated alkanes) is 3. The number of nitrogens with zero attached hydrogens (tertiary/aromatic N) is 1. The van der Waals surface area contributed by atoms with Crippen LogP contribution in [0.2, 0.25) is 0 Å². The Balaban J connectivity index is 1.61. The Kier molecular flexibility index (Phi) is 27.5. The minimum absolute atomic E-state index is 0.00238. The van der Waals surface area contributed by atoms with Gasteiger partial charge in [0, 0.05) is 71.3 Å². The van der Waals surface area contributed by atoms with Crippen LogP contribution in [0.3, 0.4) is 0 Å². The normalized spacial score (nSPS) is 35.4. The second kappa shape index (κ2) is 32.6. The molecule has 15 atom stereocenters. The van der Waals surface area contributed by atoms with Gasteiger partial charge in [-0.2, -0.15) is 0 Å². The summed E-state index contributed by atoms with van der Waals surface area (Å²) in [4.78, 5) is 97.2. The van der Waals surface area contributed by atoms with E-state index in [1.807, 2.05) is 51.2 Å². The van der Waals surface area contributed by atoms with Crippen LogP contribution >= 0.6 is 0 Å². The van der Waals surface area contributed by atoms with Gasteiger partial charge in [-0.05, 0) is 120 Å². The van der Waals surface area contributed by atoms with Crippen LogP contribution < -0.4 is 0 Å². The minimum atomic E-state index is -2.46. The molecular formula is C61H93NO16. The third kappa shape index (κ3) is 19.3. The van der Waals surface area contributed by atoms with E-state index in [2.05, 4.69) is 6.58 Å². The first-order chi connectivity index (χ1) is 37.1. The molecule has 17 heteroatoms. The fourth-order valence-electron chi connectivity index (χ4n) is 11.5. The van der Waals surface area contributed by atoms with Gasteiger partial charge in [0.05, 0.1) is 24.6 Å². The van der Waals surface area contributed by atoms with Gasteiger partial charge in [0.1, 0.15) is 36.2 Å². The van der Waals surface area contributed by atoms with Gasteiger partial charge in [0.25, 0.3) is 11.7 Å². The SMILES string of the molecule is C=COC(=O)CCCCCCC(=O)O[C@@H]1CC[C@@H](C[C@H](C)[C@@H]2CC(=O)[C@H](C)/C=C(\C)[C@@H](O)[C@@H](OC)C(=O)[C@H](C)C[C@H](C)/C=C/C=C/C=C(\C)[C@@H](OC)C[C@@H]3CC[C@@H](C)[C@@](O)(O3)C(=O)C(=O)N3CCCC[C@H]3C(=O)O2)C[C@H]1OC. The second-order valence-electron chi connectivity index (χ2n) is 22.6. The van der Waals surface area contributed by atoms with Gasteiger partial charge >= 0.3 is 17.9 Å². The molecule has 0 spiro atoms. The van der Waals surface area contributed by atoms with Crippen molar-refractivity contribution < 1.29 is 76.9 Å². The van der Waals surface area contributed by atoms with Crippen LogP contribution in [0.1, 0.15) is 164 Å². The lowest BCUT2D eigenvalue weighted by Gasteiger charge is -2.42. The van der Waals surface area contributed by atoms with E-state index in [0.717, 1.165) is 24.7 Å². The smallest absolute Gasteiger partial charge is 0.329 e. The number of methoxy groups -OCH3 is 3. The van der Waals surface area contributed by atoms with E-state index in [1.165, 1.54) is 12.0 Å². The Bertz CT molecular complexity index is 2150. The molecule has 1 amide bonds.